The third kappa shape index (κ3) is 4.67. The van der Waals surface area contributed by atoms with E-state index in [1.165, 1.54) is 32.4 Å². The van der Waals surface area contributed by atoms with Gasteiger partial charge in [0, 0.05) is 7.05 Å². The molecule has 0 radical (unpaired) electrons. The fourth-order valence-corrected chi connectivity index (χ4v) is 1.88. The van der Waals surface area contributed by atoms with E-state index in [2.05, 4.69) is 0 Å². The maximum atomic E-state index is 12.1. The number of carbonyl (C=O) groups excluding carboxylic acids is 2. The van der Waals surface area contributed by atoms with Crippen molar-refractivity contribution in [2.24, 2.45) is 0 Å². The molecule has 0 aliphatic carbocycles. The van der Waals surface area contributed by atoms with Crippen molar-refractivity contribution in [1.82, 2.24) is 4.90 Å². The molecule has 8 heteroatoms. The SMILES string of the molecule is COc1ccc(C(C=O)N(C)C(=O)OC(C)(C)C)c([N+](=O)[O-])c1. The quantitative estimate of drug-likeness (QED) is 0.469. The molecule has 0 fully saturated rings. The molecule has 0 aliphatic rings. The molecule has 23 heavy (non-hydrogen) atoms. The van der Waals surface area contributed by atoms with Gasteiger partial charge in [0.05, 0.1) is 23.7 Å². The number of carbonyl (C=O) groups is 2. The van der Waals surface area contributed by atoms with E-state index in [-0.39, 0.29) is 17.0 Å². The van der Waals surface area contributed by atoms with Crippen LogP contribution in [0.25, 0.3) is 0 Å². The van der Waals surface area contributed by atoms with Crippen LogP contribution in [0.1, 0.15) is 32.4 Å². The van der Waals surface area contributed by atoms with Crippen LogP contribution >= 0.6 is 0 Å². The summed E-state index contributed by atoms with van der Waals surface area (Å²) < 4.78 is 10.1. The Bertz CT molecular complexity index is 608. The van der Waals surface area contributed by atoms with Crippen molar-refractivity contribution in [2.45, 2.75) is 32.4 Å². The first-order valence-electron chi connectivity index (χ1n) is 6.84. The van der Waals surface area contributed by atoms with E-state index in [9.17, 15) is 19.7 Å². The van der Waals surface area contributed by atoms with Crippen LogP contribution in [0.15, 0.2) is 18.2 Å². The number of aldehydes is 1. The minimum Gasteiger partial charge on any atom is -0.497 e. The first-order valence-corrected chi connectivity index (χ1v) is 6.84. The summed E-state index contributed by atoms with van der Waals surface area (Å²) in [6.07, 6.45) is -0.293. The molecule has 126 valence electrons. The van der Waals surface area contributed by atoms with Crippen LogP contribution in [0, 0.1) is 10.1 Å². The molecule has 1 atom stereocenters. The fourth-order valence-electron chi connectivity index (χ4n) is 1.88. The summed E-state index contributed by atoms with van der Waals surface area (Å²) in [4.78, 5) is 35.2. The van der Waals surface area contributed by atoms with Crippen molar-refractivity contribution in [2.75, 3.05) is 14.2 Å². The van der Waals surface area contributed by atoms with Gasteiger partial charge in [-0.2, -0.15) is 0 Å². The van der Waals surface area contributed by atoms with E-state index in [0.717, 1.165) is 4.90 Å². The summed E-state index contributed by atoms with van der Waals surface area (Å²) >= 11 is 0. The Hall–Kier alpha value is -2.64. The zero-order valence-electron chi connectivity index (χ0n) is 13.7. The number of hydrogen-bond acceptors (Lipinski definition) is 6. The summed E-state index contributed by atoms with van der Waals surface area (Å²) in [5, 5.41) is 11.2. The second kappa shape index (κ2) is 7.08. The first-order chi connectivity index (χ1) is 10.6. The van der Waals surface area contributed by atoms with E-state index in [0.29, 0.717) is 6.29 Å². The molecule has 0 saturated heterocycles. The topological polar surface area (TPSA) is 99.0 Å². The lowest BCUT2D eigenvalue weighted by Gasteiger charge is -2.28. The maximum absolute atomic E-state index is 12.1. The van der Waals surface area contributed by atoms with E-state index >= 15 is 0 Å². The number of amides is 1. The summed E-state index contributed by atoms with van der Waals surface area (Å²) in [7, 11) is 2.73. The van der Waals surface area contributed by atoms with E-state index < -0.39 is 22.7 Å². The number of nitro groups is 1. The molecule has 1 rings (SSSR count). The van der Waals surface area contributed by atoms with Crippen LogP contribution in [0.4, 0.5) is 10.5 Å². The molecule has 0 bridgehead atoms. The van der Waals surface area contributed by atoms with Crippen LogP contribution in [-0.2, 0) is 9.53 Å². The van der Waals surface area contributed by atoms with Crippen molar-refractivity contribution < 1.29 is 24.0 Å². The van der Waals surface area contributed by atoms with Crippen molar-refractivity contribution in [3.05, 3.63) is 33.9 Å². The first kappa shape index (κ1) is 18.4. The Morgan fingerprint density at radius 2 is 2.00 bits per heavy atom. The number of nitro benzene ring substituents is 1. The Kier molecular flexibility index (Phi) is 5.67. The van der Waals surface area contributed by atoms with Gasteiger partial charge < -0.3 is 14.3 Å². The fraction of sp³-hybridized carbons (Fsp3) is 0.467. The van der Waals surface area contributed by atoms with Crippen LogP contribution in [0.5, 0.6) is 5.75 Å². The molecule has 0 saturated carbocycles. The highest BCUT2D eigenvalue weighted by Gasteiger charge is 2.31. The lowest BCUT2D eigenvalue weighted by atomic mass is 10.0. The number of likely N-dealkylation sites (N-methyl/N-ethyl adjacent to an activating group) is 1. The molecule has 0 N–H and O–H groups in total. The van der Waals surface area contributed by atoms with Gasteiger partial charge in [-0.25, -0.2) is 4.79 Å². The van der Waals surface area contributed by atoms with Crippen LogP contribution in [0.2, 0.25) is 0 Å². The summed E-state index contributed by atoms with van der Waals surface area (Å²) in [5.41, 5.74) is -0.971. The minimum atomic E-state index is -1.14. The molecule has 8 nitrogen and oxygen atoms in total. The van der Waals surface area contributed by atoms with Gasteiger partial charge in [0.1, 0.15) is 23.7 Å². The predicted octanol–water partition coefficient (Wildman–Crippen LogP) is 2.71. The minimum absolute atomic E-state index is 0.0826. The number of benzene rings is 1. The summed E-state index contributed by atoms with van der Waals surface area (Å²) in [5.74, 6) is 0.282. The van der Waals surface area contributed by atoms with Gasteiger partial charge in [-0.05, 0) is 32.9 Å². The molecule has 0 aromatic heterocycles. The van der Waals surface area contributed by atoms with E-state index in [4.69, 9.17) is 9.47 Å². The van der Waals surface area contributed by atoms with Crippen LogP contribution in [0.3, 0.4) is 0 Å². The second-order valence-corrected chi connectivity index (χ2v) is 5.85. The van der Waals surface area contributed by atoms with Crippen LogP contribution in [-0.4, -0.2) is 42.0 Å². The average Bonchev–Trinajstić information content (AvgIpc) is 2.46. The number of nitrogens with zero attached hydrogens (tertiary/aromatic N) is 2. The summed E-state index contributed by atoms with van der Waals surface area (Å²) in [6, 6.07) is 2.93. The zero-order valence-corrected chi connectivity index (χ0v) is 13.7. The third-order valence-corrected chi connectivity index (χ3v) is 2.98. The Labute approximate surface area is 134 Å². The number of ether oxygens (including phenoxy) is 2. The standard InChI is InChI=1S/C15H20N2O6/c1-15(2,3)23-14(19)16(4)13(9-18)11-7-6-10(22-5)8-12(11)17(20)21/h6-9,13H,1-5H3. The smallest absolute Gasteiger partial charge is 0.410 e. The Morgan fingerprint density at radius 3 is 2.43 bits per heavy atom. The summed E-state index contributed by atoms with van der Waals surface area (Å²) in [6.45, 7) is 5.06. The number of hydrogen-bond donors (Lipinski definition) is 0. The van der Waals surface area contributed by atoms with E-state index in [1.807, 2.05) is 0 Å². The van der Waals surface area contributed by atoms with Crippen molar-refractivity contribution in [3.63, 3.8) is 0 Å². The molecule has 1 aromatic carbocycles. The molecule has 0 heterocycles. The second-order valence-electron chi connectivity index (χ2n) is 5.85. The van der Waals surface area contributed by atoms with Gasteiger partial charge in [-0.3, -0.25) is 15.0 Å². The Balaban J connectivity index is 3.22. The molecule has 1 aromatic rings. The molecular formula is C15H20N2O6. The lowest BCUT2D eigenvalue weighted by Crippen LogP contribution is -2.37. The zero-order chi connectivity index (χ0) is 17.8. The maximum Gasteiger partial charge on any atom is 0.410 e. The van der Waals surface area contributed by atoms with Crippen molar-refractivity contribution in [1.29, 1.82) is 0 Å². The van der Waals surface area contributed by atoms with Gasteiger partial charge >= 0.3 is 6.09 Å². The predicted molar refractivity (Wildman–Crippen MR) is 82.5 cm³/mol. The molecule has 1 amide bonds. The van der Waals surface area contributed by atoms with Gasteiger partial charge in [-0.1, -0.05) is 0 Å². The molecule has 0 aliphatic heterocycles. The van der Waals surface area contributed by atoms with Gasteiger partial charge in [0.25, 0.3) is 5.69 Å². The van der Waals surface area contributed by atoms with Gasteiger partial charge in [0.15, 0.2) is 0 Å². The van der Waals surface area contributed by atoms with Crippen LogP contribution < -0.4 is 4.74 Å². The van der Waals surface area contributed by atoms with Gasteiger partial charge in [-0.15, -0.1) is 0 Å². The van der Waals surface area contributed by atoms with E-state index in [1.54, 1.807) is 20.8 Å². The largest absolute Gasteiger partial charge is 0.497 e. The monoisotopic (exact) mass is 324 g/mol. The van der Waals surface area contributed by atoms with Gasteiger partial charge in [0.2, 0.25) is 0 Å². The normalized spacial score (nSPS) is 12.2. The Morgan fingerprint density at radius 1 is 1.39 bits per heavy atom. The number of methoxy groups -OCH3 is 1. The molecular weight excluding hydrogens is 304 g/mol. The highest BCUT2D eigenvalue weighted by Crippen LogP contribution is 2.31. The molecule has 1 unspecified atom stereocenters. The number of rotatable bonds is 5. The highest BCUT2D eigenvalue weighted by molar-refractivity contribution is 5.76. The van der Waals surface area contributed by atoms with Crippen molar-refractivity contribution >= 4 is 18.1 Å². The average molecular weight is 324 g/mol. The molecule has 0 spiro atoms. The third-order valence-electron chi connectivity index (χ3n) is 2.98. The lowest BCUT2D eigenvalue weighted by molar-refractivity contribution is -0.385. The highest BCUT2D eigenvalue weighted by atomic mass is 16.6. The van der Waals surface area contributed by atoms with Crippen molar-refractivity contribution in [3.8, 4) is 5.75 Å².